The van der Waals surface area contributed by atoms with E-state index in [1.165, 1.54) is 0 Å². The molecular formula is C15H21N3O. The third-order valence-corrected chi connectivity index (χ3v) is 3.06. The van der Waals surface area contributed by atoms with Crippen LogP contribution < -0.4 is 10.5 Å². The van der Waals surface area contributed by atoms with Crippen molar-refractivity contribution >= 4 is 0 Å². The van der Waals surface area contributed by atoms with Gasteiger partial charge in [0.15, 0.2) is 0 Å². The molecule has 1 heterocycles. The predicted molar refractivity (Wildman–Crippen MR) is 76.2 cm³/mol. The smallest absolute Gasteiger partial charge is 0.119 e. The Morgan fingerprint density at radius 1 is 1.32 bits per heavy atom. The summed E-state index contributed by atoms with van der Waals surface area (Å²) in [5.74, 6) is 0.873. The summed E-state index contributed by atoms with van der Waals surface area (Å²) in [6.07, 6.45) is 2.79. The maximum Gasteiger partial charge on any atom is 0.119 e. The maximum absolute atomic E-state index is 6.32. The Bertz CT molecular complexity index is 522. The Morgan fingerprint density at radius 3 is 2.89 bits per heavy atom. The van der Waals surface area contributed by atoms with Gasteiger partial charge in [-0.05, 0) is 37.1 Å². The van der Waals surface area contributed by atoms with Crippen LogP contribution in [0.3, 0.4) is 0 Å². The highest BCUT2D eigenvalue weighted by molar-refractivity contribution is 5.34. The molecule has 19 heavy (non-hydrogen) atoms. The van der Waals surface area contributed by atoms with Crippen molar-refractivity contribution in [2.24, 2.45) is 5.73 Å². The van der Waals surface area contributed by atoms with Gasteiger partial charge in [0.05, 0.1) is 18.3 Å². The van der Waals surface area contributed by atoms with E-state index in [-0.39, 0.29) is 6.04 Å². The van der Waals surface area contributed by atoms with E-state index in [2.05, 4.69) is 18.9 Å². The van der Waals surface area contributed by atoms with Gasteiger partial charge in [-0.25, -0.2) is 0 Å². The molecule has 2 N–H and O–H groups in total. The van der Waals surface area contributed by atoms with Gasteiger partial charge < -0.3 is 10.5 Å². The van der Waals surface area contributed by atoms with Crippen LogP contribution in [0.4, 0.5) is 0 Å². The number of hydrogen-bond donors (Lipinski definition) is 1. The fourth-order valence-electron chi connectivity index (χ4n) is 2.06. The molecule has 0 fully saturated rings. The van der Waals surface area contributed by atoms with E-state index in [0.29, 0.717) is 0 Å². The number of hydrogen-bond acceptors (Lipinski definition) is 3. The molecule has 1 aromatic carbocycles. The monoisotopic (exact) mass is 259 g/mol. The summed E-state index contributed by atoms with van der Waals surface area (Å²) in [6.45, 7) is 5.70. The third kappa shape index (κ3) is 3.15. The second-order valence-corrected chi connectivity index (χ2v) is 4.47. The second-order valence-electron chi connectivity index (χ2n) is 4.47. The number of benzene rings is 1. The van der Waals surface area contributed by atoms with Crippen LogP contribution >= 0.6 is 0 Å². The minimum absolute atomic E-state index is 0.173. The van der Waals surface area contributed by atoms with Crippen molar-refractivity contribution in [1.82, 2.24) is 9.78 Å². The van der Waals surface area contributed by atoms with Gasteiger partial charge in [-0.15, -0.1) is 0 Å². The van der Waals surface area contributed by atoms with Gasteiger partial charge in [0, 0.05) is 12.7 Å². The number of rotatable bonds is 6. The van der Waals surface area contributed by atoms with Crippen molar-refractivity contribution in [3.8, 4) is 5.75 Å². The standard InChI is InChI=1S/C15H21N3O/c1-3-10-19-13-7-5-6-12(11-13)15(16)14-8-9-17-18(14)4-2/h5-9,11,15H,3-4,10,16H2,1-2H3. The lowest BCUT2D eigenvalue weighted by Crippen LogP contribution is -2.17. The number of ether oxygens (including phenoxy) is 1. The zero-order valence-electron chi connectivity index (χ0n) is 11.5. The molecule has 0 aliphatic carbocycles. The normalized spacial score (nSPS) is 12.4. The molecule has 1 atom stereocenters. The lowest BCUT2D eigenvalue weighted by atomic mass is 10.0. The van der Waals surface area contributed by atoms with Gasteiger partial charge >= 0.3 is 0 Å². The van der Waals surface area contributed by atoms with Crippen LogP contribution in [0.25, 0.3) is 0 Å². The number of aryl methyl sites for hydroxylation is 1. The second kappa shape index (κ2) is 6.38. The number of nitrogens with two attached hydrogens (primary N) is 1. The highest BCUT2D eigenvalue weighted by atomic mass is 16.5. The summed E-state index contributed by atoms with van der Waals surface area (Å²) < 4.78 is 7.56. The zero-order chi connectivity index (χ0) is 13.7. The minimum Gasteiger partial charge on any atom is -0.494 e. The average molecular weight is 259 g/mol. The van der Waals surface area contributed by atoms with E-state index in [0.717, 1.165) is 36.6 Å². The average Bonchev–Trinajstić information content (AvgIpc) is 2.93. The van der Waals surface area contributed by atoms with Crippen molar-refractivity contribution in [3.63, 3.8) is 0 Å². The van der Waals surface area contributed by atoms with Crippen molar-refractivity contribution in [3.05, 3.63) is 47.8 Å². The van der Waals surface area contributed by atoms with E-state index >= 15 is 0 Å². The molecule has 2 aromatic rings. The summed E-state index contributed by atoms with van der Waals surface area (Å²) in [5.41, 5.74) is 8.39. The Labute approximate surface area is 114 Å². The first-order valence-electron chi connectivity index (χ1n) is 6.76. The molecule has 4 heteroatoms. The van der Waals surface area contributed by atoms with Crippen LogP contribution in [0, 0.1) is 0 Å². The quantitative estimate of drug-likeness (QED) is 0.867. The molecule has 0 aliphatic rings. The summed E-state index contributed by atoms with van der Waals surface area (Å²) in [7, 11) is 0. The molecule has 0 bridgehead atoms. The van der Waals surface area contributed by atoms with Crippen molar-refractivity contribution in [2.45, 2.75) is 32.9 Å². The molecule has 1 aromatic heterocycles. The molecule has 0 spiro atoms. The topological polar surface area (TPSA) is 53.1 Å². The van der Waals surface area contributed by atoms with Crippen LogP contribution in [0.5, 0.6) is 5.75 Å². The highest BCUT2D eigenvalue weighted by Gasteiger charge is 2.13. The van der Waals surface area contributed by atoms with E-state index < -0.39 is 0 Å². The van der Waals surface area contributed by atoms with Crippen LogP contribution in [0.1, 0.15) is 37.6 Å². The first-order chi connectivity index (χ1) is 9.26. The molecule has 2 rings (SSSR count). The fraction of sp³-hybridized carbons (Fsp3) is 0.400. The molecule has 1 unspecified atom stereocenters. The summed E-state index contributed by atoms with van der Waals surface area (Å²) in [6, 6.07) is 9.76. The van der Waals surface area contributed by atoms with E-state index in [9.17, 15) is 0 Å². The summed E-state index contributed by atoms with van der Waals surface area (Å²) in [4.78, 5) is 0. The Morgan fingerprint density at radius 2 is 2.16 bits per heavy atom. The lowest BCUT2D eigenvalue weighted by Gasteiger charge is -2.15. The Hall–Kier alpha value is -1.81. The van der Waals surface area contributed by atoms with E-state index in [1.807, 2.05) is 35.0 Å². The van der Waals surface area contributed by atoms with E-state index in [1.54, 1.807) is 6.20 Å². The van der Waals surface area contributed by atoms with Gasteiger partial charge in [-0.1, -0.05) is 19.1 Å². The fourth-order valence-corrected chi connectivity index (χ4v) is 2.06. The van der Waals surface area contributed by atoms with Gasteiger partial charge in [0.2, 0.25) is 0 Å². The molecule has 0 radical (unpaired) electrons. The SMILES string of the molecule is CCCOc1cccc(C(N)c2ccnn2CC)c1. The molecule has 4 nitrogen and oxygen atoms in total. The highest BCUT2D eigenvalue weighted by Crippen LogP contribution is 2.23. The van der Waals surface area contributed by atoms with Crippen molar-refractivity contribution in [2.75, 3.05) is 6.61 Å². The first kappa shape index (κ1) is 13.6. The third-order valence-electron chi connectivity index (χ3n) is 3.06. The first-order valence-corrected chi connectivity index (χ1v) is 6.76. The number of nitrogens with zero attached hydrogens (tertiary/aromatic N) is 2. The zero-order valence-corrected chi connectivity index (χ0v) is 11.5. The minimum atomic E-state index is -0.173. The molecule has 0 saturated heterocycles. The predicted octanol–water partition coefficient (Wildman–Crippen LogP) is 2.74. The van der Waals surface area contributed by atoms with Crippen molar-refractivity contribution < 1.29 is 4.74 Å². The van der Waals surface area contributed by atoms with Crippen LogP contribution in [0.15, 0.2) is 36.5 Å². The Balaban J connectivity index is 2.21. The van der Waals surface area contributed by atoms with E-state index in [4.69, 9.17) is 10.5 Å². The van der Waals surface area contributed by atoms with Gasteiger partial charge in [-0.2, -0.15) is 5.10 Å². The number of aromatic nitrogens is 2. The van der Waals surface area contributed by atoms with Gasteiger partial charge in [0.1, 0.15) is 5.75 Å². The largest absolute Gasteiger partial charge is 0.494 e. The molecule has 0 saturated carbocycles. The van der Waals surface area contributed by atoms with Crippen LogP contribution in [-0.4, -0.2) is 16.4 Å². The molecule has 102 valence electrons. The van der Waals surface area contributed by atoms with Gasteiger partial charge in [-0.3, -0.25) is 4.68 Å². The molecule has 0 aliphatic heterocycles. The van der Waals surface area contributed by atoms with Crippen LogP contribution in [0.2, 0.25) is 0 Å². The lowest BCUT2D eigenvalue weighted by molar-refractivity contribution is 0.317. The van der Waals surface area contributed by atoms with Crippen LogP contribution in [-0.2, 0) is 6.54 Å². The summed E-state index contributed by atoms with van der Waals surface area (Å²) >= 11 is 0. The van der Waals surface area contributed by atoms with Gasteiger partial charge in [0.25, 0.3) is 0 Å². The summed E-state index contributed by atoms with van der Waals surface area (Å²) in [5, 5.41) is 4.26. The maximum atomic E-state index is 6.32. The molecular weight excluding hydrogens is 238 g/mol. The Kier molecular flexibility index (Phi) is 4.58. The van der Waals surface area contributed by atoms with Crippen molar-refractivity contribution in [1.29, 1.82) is 0 Å². The molecule has 0 amide bonds.